The summed E-state index contributed by atoms with van der Waals surface area (Å²) in [6, 6.07) is 21.6. The van der Waals surface area contributed by atoms with E-state index in [2.05, 4.69) is 22.3 Å². The first-order valence-corrected chi connectivity index (χ1v) is 13.2. The van der Waals surface area contributed by atoms with Crippen LogP contribution in [0.25, 0.3) is 0 Å². The molecule has 200 valence electrons. The summed E-state index contributed by atoms with van der Waals surface area (Å²) in [6.07, 6.45) is 0. The van der Waals surface area contributed by atoms with Crippen LogP contribution in [-0.2, 0) is 16.1 Å². The molecule has 0 saturated carbocycles. The number of ether oxygens (including phenoxy) is 1. The second kappa shape index (κ2) is 11.5. The van der Waals surface area contributed by atoms with E-state index in [0.29, 0.717) is 35.1 Å². The van der Waals surface area contributed by atoms with Gasteiger partial charge in [0.05, 0.1) is 12.8 Å². The van der Waals surface area contributed by atoms with Crippen molar-refractivity contribution in [2.24, 2.45) is 0 Å². The number of amides is 3. The largest absolute Gasteiger partial charge is 0.495 e. The van der Waals surface area contributed by atoms with Gasteiger partial charge in [0.1, 0.15) is 16.5 Å². The molecule has 1 saturated heterocycles. The van der Waals surface area contributed by atoms with Gasteiger partial charge in [0.15, 0.2) is 0 Å². The zero-order valence-corrected chi connectivity index (χ0v) is 22.7. The molecule has 5 rings (SSSR count). The van der Waals surface area contributed by atoms with E-state index in [9.17, 15) is 14.4 Å². The minimum Gasteiger partial charge on any atom is -0.495 e. The molecule has 0 aromatic heterocycles. The van der Waals surface area contributed by atoms with Crippen LogP contribution in [0.5, 0.6) is 5.75 Å². The number of benzene rings is 3. The third-order valence-electron chi connectivity index (χ3n) is 6.72. The normalized spacial score (nSPS) is 16.2. The quantitative estimate of drug-likeness (QED) is 0.417. The average molecular weight is 565 g/mol. The second-order valence-electron chi connectivity index (χ2n) is 9.21. The number of hydrogen-bond donors (Lipinski definition) is 1. The second-order valence-corrected chi connectivity index (χ2v) is 10.0. The zero-order valence-electron chi connectivity index (χ0n) is 21.2. The van der Waals surface area contributed by atoms with Crippen molar-refractivity contribution in [1.29, 1.82) is 0 Å². The Kier molecular flexibility index (Phi) is 7.88. The van der Waals surface area contributed by atoms with Crippen molar-refractivity contribution in [1.82, 2.24) is 9.80 Å². The van der Waals surface area contributed by atoms with E-state index in [0.717, 1.165) is 24.5 Å². The Bertz CT molecular complexity index is 1440. The van der Waals surface area contributed by atoms with Crippen LogP contribution >= 0.6 is 23.2 Å². The molecule has 2 heterocycles. The van der Waals surface area contributed by atoms with Gasteiger partial charge in [0.25, 0.3) is 17.7 Å². The van der Waals surface area contributed by atoms with Crippen LogP contribution < -0.4 is 15.0 Å². The molecular formula is C29H26Cl2N4O4. The van der Waals surface area contributed by atoms with Gasteiger partial charge in [-0.15, -0.1) is 0 Å². The smallest absolute Gasteiger partial charge is 0.283 e. The van der Waals surface area contributed by atoms with Crippen molar-refractivity contribution in [3.05, 3.63) is 99.7 Å². The third-order valence-corrected chi connectivity index (χ3v) is 7.30. The molecule has 3 aromatic carbocycles. The van der Waals surface area contributed by atoms with Crippen molar-refractivity contribution in [2.75, 3.05) is 43.5 Å². The van der Waals surface area contributed by atoms with Crippen LogP contribution in [0.1, 0.15) is 15.9 Å². The molecule has 0 unspecified atom stereocenters. The minimum atomic E-state index is -0.692. The summed E-state index contributed by atoms with van der Waals surface area (Å²) in [6.45, 7) is 3.76. The Balaban J connectivity index is 1.22. The van der Waals surface area contributed by atoms with Crippen molar-refractivity contribution in [3.8, 4) is 5.75 Å². The molecule has 0 atom stereocenters. The Hall–Kier alpha value is -3.85. The first kappa shape index (κ1) is 26.7. The molecule has 3 aromatic rings. The highest BCUT2D eigenvalue weighted by Gasteiger charge is 2.40. The maximum absolute atomic E-state index is 13.2. The average Bonchev–Trinajstić information content (AvgIpc) is 3.16. The molecular weight excluding hydrogens is 539 g/mol. The van der Waals surface area contributed by atoms with Gasteiger partial charge in [-0.2, -0.15) is 0 Å². The fourth-order valence-corrected chi connectivity index (χ4v) is 5.02. The zero-order chi connectivity index (χ0) is 27.5. The predicted molar refractivity (Wildman–Crippen MR) is 151 cm³/mol. The van der Waals surface area contributed by atoms with Crippen LogP contribution in [0.15, 0.2) is 83.5 Å². The number of anilines is 2. The van der Waals surface area contributed by atoms with Gasteiger partial charge in [-0.3, -0.25) is 19.3 Å². The summed E-state index contributed by atoms with van der Waals surface area (Å²) in [7, 11) is 1.43. The minimum absolute atomic E-state index is 0.0514. The fraction of sp³-hybridized carbons (Fsp3) is 0.207. The Labute approximate surface area is 236 Å². The van der Waals surface area contributed by atoms with E-state index in [-0.39, 0.29) is 22.3 Å². The van der Waals surface area contributed by atoms with E-state index in [1.165, 1.54) is 18.7 Å². The molecule has 8 nitrogen and oxygen atoms in total. The summed E-state index contributed by atoms with van der Waals surface area (Å²) in [4.78, 5) is 44.2. The van der Waals surface area contributed by atoms with Crippen molar-refractivity contribution in [3.63, 3.8) is 0 Å². The topological polar surface area (TPSA) is 82.2 Å². The van der Waals surface area contributed by atoms with Crippen LogP contribution in [0, 0.1) is 0 Å². The maximum atomic E-state index is 13.2. The van der Waals surface area contributed by atoms with Crippen LogP contribution in [-0.4, -0.2) is 60.8 Å². The van der Waals surface area contributed by atoms with Gasteiger partial charge >= 0.3 is 0 Å². The highest BCUT2D eigenvalue weighted by Crippen LogP contribution is 2.37. The molecule has 0 bridgehead atoms. The summed E-state index contributed by atoms with van der Waals surface area (Å²) in [5.41, 5.74) is 2.43. The Morgan fingerprint density at radius 3 is 2.26 bits per heavy atom. The number of hydrogen-bond acceptors (Lipinski definition) is 6. The SMILES string of the molecule is COc1ccc(Cl)cc1N1C(=O)C(Cl)=C(Nc2ccc(C(=O)N3CCN(Cc4ccccc4)CC3)cc2)C1=O. The van der Waals surface area contributed by atoms with Crippen molar-refractivity contribution in [2.45, 2.75) is 6.54 Å². The lowest BCUT2D eigenvalue weighted by molar-refractivity contribution is -0.120. The van der Waals surface area contributed by atoms with E-state index >= 15 is 0 Å². The fourth-order valence-electron chi connectivity index (χ4n) is 4.64. The molecule has 2 aliphatic rings. The molecule has 10 heteroatoms. The molecule has 1 N–H and O–H groups in total. The first-order valence-electron chi connectivity index (χ1n) is 12.4. The summed E-state index contributed by atoms with van der Waals surface area (Å²) >= 11 is 12.4. The van der Waals surface area contributed by atoms with Crippen LogP contribution in [0.4, 0.5) is 11.4 Å². The molecule has 0 spiro atoms. The Morgan fingerprint density at radius 2 is 1.59 bits per heavy atom. The molecule has 39 heavy (non-hydrogen) atoms. The number of piperazine rings is 1. The molecule has 1 fully saturated rings. The van der Waals surface area contributed by atoms with Gasteiger partial charge in [-0.25, -0.2) is 4.90 Å². The number of nitrogens with zero attached hydrogens (tertiary/aromatic N) is 3. The van der Waals surface area contributed by atoms with Gasteiger partial charge in [-0.05, 0) is 48.0 Å². The van der Waals surface area contributed by atoms with Gasteiger partial charge < -0.3 is 15.0 Å². The summed E-state index contributed by atoms with van der Waals surface area (Å²) in [5.74, 6) is -1.08. The summed E-state index contributed by atoms with van der Waals surface area (Å²) in [5, 5.41) is 3.01. The van der Waals surface area contributed by atoms with Gasteiger partial charge in [0, 0.05) is 49.0 Å². The van der Waals surface area contributed by atoms with Crippen LogP contribution in [0.3, 0.4) is 0 Å². The van der Waals surface area contributed by atoms with Crippen molar-refractivity contribution >= 4 is 52.3 Å². The number of imide groups is 1. The predicted octanol–water partition coefficient (Wildman–Crippen LogP) is 4.74. The number of carbonyl (C=O) groups is 3. The number of carbonyl (C=O) groups excluding carboxylic acids is 3. The van der Waals surface area contributed by atoms with Gasteiger partial charge in [-0.1, -0.05) is 53.5 Å². The maximum Gasteiger partial charge on any atom is 0.283 e. The van der Waals surface area contributed by atoms with Gasteiger partial charge in [0.2, 0.25) is 0 Å². The summed E-state index contributed by atoms with van der Waals surface area (Å²) < 4.78 is 5.29. The standard InChI is InChI=1S/C29H26Cl2N4O4/c1-39-24-12-9-21(30)17-23(24)35-28(37)25(31)26(29(35)38)32-22-10-7-20(8-11-22)27(36)34-15-13-33(14-16-34)18-19-5-3-2-4-6-19/h2-12,17,32H,13-16,18H2,1H3. The highest BCUT2D eigenvalue weighted by atomic mass is 35.5. The number of halogens is 2. The first-order chi connectivity index (χ1) is 18.9. The number of methoxy groups -OCH3 is 1. The lowest BCUT2D eigenvalue weighted by atomic mass is 10.1. The molecule has 0 radical (unpaired) electrons. The Morgan fingerprint density at radius 1 is 0.897 bits per heavy atom. The molecule has 0 aliphatic carbocycles. The highest BCUT2D eigenvalue weighted by molar-refractivity contribution is 6.53. The lowest BCUT2D eigenvalue weighted by Crippen LogP contribution is -2.48. The molecule has 2 aliphatic heterocycles. The van der Waals surface area contributed by atoms with E-state index in [1.807, 2.05) is 23.1 Å². The van der Waals surface area contributed by atoms with Crippen LogP contribution in [0.2, 0.25) is 5.02 Å². The number of rotatable bonds is 7. The third kappa shape index (κ3) is 5.63. The number of nitrogens with one attached hydrogen (secondary N) is 1. The van der Waals surface area contributed by atoms with E-state index in [4.69, 9.17) is 27.9 Å². The van der Waals surface area contributed by atoms with Crippen molar-refractivity contribution < 1.29 is 19.1 Å². The van der Waals surface area contributed by atoms with E-state index in [1.54, 1.807) is 36.4 Å². The monoisotopic (exact) mass is 564 g/mol. The van der Waals surface area contributed by atoms with E-state index < -0.39 is 11.8 Å². The molecule has 3 amide bonds. The lowest BCUT2D eigenvalue weighted by Gasteiger charge is -2.34.